The molecule has 126 valence electrons. The Morgan fingerprint density at radius 1 is 1.30 bits per heavy atom. The van der Waals surface area contributed by atoms with Crippen molar-refractivity contribution >= 4 is 5.91 Å². The minimum Gasteiger partial charge on any atom is -0.393 e. The van der Waals surface area contributed by atoms with Crippen LogP contribution in [0.1, 0.15) is 56.3 Å². The minimum absolute atomic E-state index is 0.0256. The molecule has 0 aromatic carbocycles. The number of aromatic nitrogens is 2. The Morgan fingerprint density at radius 2 is 2.04 bits per heavy atom. The molecule has 1 spiro atoms. The second kappa shape index (κ2) is 5.56. The van der Waals surface area contributed by atoms with Crippen LogP contribution in [0.5, 0.6) is 0 Å². The Kier molecular flexibility index (Phi) is 3.65. The topological polar surface area (TPSA) is 88.7 Å². The molecular formula is C16H23N3O4. The van der Waals surface area contributed by atoms with Crippen LogP contribution in [0.4, 0.5) is 0 Å². The van der Waals surface area contributed by atoms with E-state index in [1.54, 1.807) is 6.92 Å². The molecule has 0 bridgehead atoms. The average molecular weight is 321 g/mol. The molecule has 1 aromatic rings. The number of aliphatic hydroxyl groups excluding tert-OH is 1. The summed E-state index contributed by atoms with van der Waals surface area (Å²) in [5.74, 6) is 1.43. The van der Waals surface area contributed by atoms with E-state index in [-0.39, 0.29) is 29.6 Å². The van der Waals surface area contributed by atoms with Crippen molar-refractivity contribution in [1.82, 2.24) is 15.0 Å². The molecule has 1 N–H and O–H groups in total. The van der Waals surface area contributed by atoms with Gasteiger partial charge >= 0.3 is 0 Å². The van der Waals surface area contributed by atoms with E-state index in [1.165, 1.54) is 0 Å². The quantitative estimate of drug-likeness (QED) is 0.885. The summed E-state index contributed by atoms with van der Waals surface area (Å²) < 4.78 is 11.5. The van der Waals surface area contributed by atoms with E-state index in [0.717, 1.165) is 38.8 Å². The summed E-state index contributed by atoms with van der Waals surface area (Å²) in [6.45, 7) is 3.28. The highest BCUT2D eigenvalue weighted by atomic mass is 16.5. The number of hydrogen-bond donors (Lipinski definition) is 1. The standard InChI is InChI=1S/C16H23N3O4/c1-10-17-14(23-18-10)13-2-3-16(22-13)4-6-19(7-5-16)15(21)11-8-12(20)9-11/h11-13,20H,2-9H2,1H3/t11?,12?,13-/m1/s1. The molecule has 23 heavy (non-hydrogen) atoms. The molecule has 2 aliphatic heterocycles. The van der Waals surface area contributed by atoms with Gasteiger partial charge in [0.15, 0.2) is 5.82 Å². The minimum atomic E-state index is -0.281. The van der Waals surface area contributed by atoms with Crippen LogP contribution in [-0.4, -0.2) is 50.8 Å². The average Bonchev–Trinajstić information content (AvgIpc) is 3.11. The van der Waals surface area contributed by atoms with Crippen molar-refractivity contribution in [2.75, 3.05) is 13.1 Å². The lowest BCUT2D eigenvalue weighted by Gasteiger charge is -2.42. The molecule has 1 aliphatic carbocycles. The van der Waals surface area contributed by atoms with Crippen molar-refractivity contribution in [2.24, 2.45) is 5.92 Å². The number of piperidine rings is 1. The number of carbonyl (C=O) groups excluding carboxylic acids is 1. The molecule has 1 atom stereocenters. The van der Waals surface area contributed by atoms with Crippen molar-refractivity contribution in [3.05, 3.63) is 11.7 Å². The lowest BCUT2D eigenvalue weighted by atomic mass is 9.80. The van der Waals surface area contributed by atoms with Crippen molar-refractivity contribution < 1.29 is 19.2 Å². The first-order valence-corrected chi connectivity index (χ1v) is 8.49. The third-order valence-corrected chi connectivity index (χ3v) is 5.52. The monoisotopic (exact) mass is 321 g/mol. The van der Waals surface area contributed by atoms with Crippen LogP contribution in [0.2, 0.25) is 0 Å². The predicted octanol–water partition coefficient (Wildman–Crippen LogP) is 1.36. The Labute approximate surface area is 135 Å². The molecule has 2 saturated heterocycles. The summed E-state index contributed by atoms with van der Waals surface area (Å²) in [7, 11) is 0. The van der Waals surface area contributed by atoms with Gasteiger partial charge in [0.05, 0.1) is 11.7 Å². The Morgan fingerprint density at radius 3 is 2.65 bits per heavy atom. The Balaban J connectivity index is 1.33. The van der Waals surface area contributed by atoms with Gasteiger partial charge in [-0.15, -0.1) is 0 Å². The number of hydrogen-bond acceptors (Lipinski definition) is 6. The van der Waals surface area contributed by atoms with Crippen LogP contribution < -0.4 is 0 Å². The molecule has 3 fully saturated rings. The molecule has 7 heteroatoms. The summed E-state index contributed by atoms with van der Waals surface area (Å²) in [4.78, 5) is 18.6. The van der Waals surface area contributed by atoms with Crippen LogP contribution >= 0.6 is 0 Å². The molecule has 3 aliphatic rings. The predicted molar refractivity (Wildman–Crippen MR) is 79.4 cm³/mol. The van der Waals surface area contributed by atoms with Crippen LogP contribution in [-0.2, 0) is 9.53 Å². The van der Waals surface area contributed by atoms with Crippen LogP contribution in [0.25, 0.3) is 0 Å². The summed E-state index contributed by atoms with van der Waals surface area (Å²) >= 11 is 0. The Hall–Kier alpha value is -1.47. The van der Waals surface area contributed by atoms with Gasteiger partial charge in [0, 0.05) is 19.0 Å². The van der Waals surface area contributed by atoms with Crippen LogP contribution in [0.3, 0.4) is 0 Å². The smallest absolute Gasteiger partial charge is 0.255 e. The van der Waals surface area contributed by atoms with Gasteiger partial charge in [-0.25, -0.2) is 0 Å². The fourth-order valence-electron chi connectivity index (χ4n) is 3.98. The first kappa shape index (κ1) is 15.1. The first-order valence-electron chi connectivity index (χ1n) is 8.49. The second-order valence-corrected chi connectivity index (χ2v) is 7.16. The van der Waals surface area contributed by atoms with Crippen molar-refractivity contribution in [1.29, 1.82) is 0 Å². The molecule has 1 aromatic heterocycles. The molecule has 0 radical (unpaired) electrons. The molecule has 7 nitrogen and oxygen atoms in total. The van der Waals surface area contributed by atoms with Crippen molar-refractivity contribution in [2.45, 2.75) is 63.3 Å². The van der Waals surface area contributed by atoms with Crippen molar-refractivity contribution in [3.63, 3.8) is 0 Å². The largest absolute Gasteiger partial charge is 0.393 e. The van der Waals surface area contributed by atoms with E-state index in [2.05, 4.69) is 10.1 Å². The van der Waals surface area contributed by atoms with Gasteiger partial charge in [0.2, 0.25) is 5.91 Å². The molecule has 4 rings (SSSR count). The molecule has 3 heterocycles. The van der Waals surface area contributed by atoms with Crippen molar-refractivity contribution in [3.8, 4) is 0 Å². The van der Waals surface area contributed by atoms with E-state index in [9.17, 15) is 9.90 Å². The number of likely N-dealkylation sites (tertiary alicyclic amines) is 1. The third kappa shape index (κ3) is 2.76. The number of ether oxygens (including phenoxy) is 1. The lowest BCUT2D eigenvalue weighted by Crippen LogP contribution is -2.50. The summed E-state index contributed by atoms with van der Waals surface area (Å²) in [6, 6.07) is 0. The molecule has 0 unspecified atom stereocenters. The fraction of sp³-hybridized carbons (Fsp3) is 0.812. The zero-order valence-corrected chi connectivity index (χ0v) is 13.4. The van der Waals surface area contributed by atoms with E-state index in [1.807, 2.05) is 4.90 Å². The van der Waals surface area contributed by atoms with E-state index >= 15 is 0 Å². The molecular weight excluding hydrogens is 298 g/mol. The lowest BCUT2D eigenvalue weighted by molar-refractivity contribution is -0.148. The van der Waals surface area contributed by atoms with Crippen LogP contribution in [0.15, 0.2) is 4.52 Å². The maximum atomic E-state index is 12.4. The van der Waals surface area contributed by atoms with Gasteiger partial charge in [-0.3, -0.25) is 4.79 Å². The normalized spacial score (nSPS) is 33.0. The van der Waals surface area contributed by atoms with Gasteiger partial charge < -0.3 is 19.3 Å². The third-order valence-electron chi connectivity index (χ3n) is 5.52. The fourth-order valence-corrected chi connectivity index (χ4v) is 3.98. The highest BCUT2D eigenvalue weighted by Gasteiger charge is 2.46. The van der Waals surface area contributed by atoms with E-state index in [4.69, 9.17) is 9.26 Å². The van der Waals surface area contributed by atoms with E-state index in [0.29, 0.717) is 24.6 Å². The summed E-state index contributed by atoms with van der Waals surface area (Å²) in [5, 5.41) is 13.2. The van der Waals surface area contributed by atoms with Gasteiger partial charge in [-0.2, -0.15) is 4.98 Å². The second-order valence-electron chi connectivity index (χ2n) is 7.16. The van der Waals surface area contributed by atoms with E-state index < -0.39 is 0 Å². The van der Waals surface area contributed by atoms with Gasteiger partial charge in [0.1, 0.15) is 6.10 Å². The van der Waals surface area contributed by atoms with Crippen LogP contribution in [0, 0.1) is 12.8 Å². The molecule has 1 amide bonds. The number of rotatable bonds is 2. The SMILES string of the molecule is Cc1noc([C@H]2CCC3(CCN(C(=O)C4CC(O)C4)CC3)O2)n1. The number of aliphatic hydroxyl groups is 1. The molecule has 1 saturated carbocycles. The summed E-state index contributed by atoms with van der Waals surface area (Å²) in [6.07, 6.45) is 4.44. The maximum absolute atomic E-state index is 12.4. The highest BCUT2D eigenvalue weighted by molar-refractivity contribution is 5.80. The zero-order chi connectivity index (χ0) is 16.0. The zero-order valence-electron chi connectivity index (χ0n) is 13.4. The first-order chi connectivity index (χ1) is 11.0. The van der Waals surface area contributed by atoms with Gasteiger partial charge in [0.25, 0.3) is 5.89 Å². The highest BCUT2D eigenvalue weighted by Crippen LogP contribution is 2.45. The Bertz CT molecular complexity index is 588. The van der Waals surface area contributed by atoms with Gasteiger partial charge in [-0.1, -0.05) is 5.16 Å². The summed E-state index contributed by atoms with van der Waals surface area (Å²) in [5.41, 5.74) is -0.150. The maximum Gasteiger partial charge on any atom is 0.255 e. The number of carbonyl (C=O) groups is 1. The number of aryl methyl sites for hydroxylation is 1. The number of amides is 1. The number of nitrogens with zero attached hydrogens (tertiary/aromatic N) is 3. The van der Waals surface area contributed by atoms with Gasteiger partial charge in [-0.05, 0) is 45.4 Å².